The van der Waals surface area contributed by atoms with Crippen molar-refractivity contribution in [1.82, 2.24) is 14.9 Å². The predicted molar refractivity (Wildman–Crippen MR) is 133 cm³/mol. The Morgan fingerprint density at radius 1 is 1.02 bits per heavy atom. The molecule has 1 aromatic carbocycles. The van der Waals surface area contributed by atoms with E-state index in [1.165, 1.54) is 22.1 Å². The smallest absolute Gasteiger partial charge is 0.367 e. The van der Waals surface area contributed by atoms with E-state index in [2.05, 4.69) is 18.7 Å². The van der Waals surface area contributed by atoms with E-state index in [-0.39, 0.29) is 48.5 Å². The fraction of sp³-hybridized carbons (Fsp3) is 0.333. The fourth-order valence-corrected chi connectivity index (χ4v) is 4.17. The number of carbonyl (C=O) groups excluding carboxylic acids is 2. The largest absolute Gasteiger partial charge is 0.418 e. The van der Waals surface area contributed by atoms with E-state index in [0.717, 1.165) is 12.1 Å². The van der Waals surface area contributed by atoms with Gasteiger partial charge in [-0.3, -0.25) is 18.9 Å². The molecule has 19 heteroatoms. The minimum Gasteiger partial charge on any atom is -0.367 e. The monoisotopic (exact) mass is 608 g/mol. The summed E-state index contributed by atoms with van der Waals surface area (Å²) in [5, 5.41) is 2.66. The molecule has 2 heterocycles. The third-order valence-corrected chi connectivity index (χ3v) is 5.97. The Bertz CT molecular complexity index is 1510. The van der Waals surface area contributed by atoms with Crippen molar-refractivity contribution < 1.29 is 48.2 Å². The maximum Gasteiger partial charge on any atom is 0.418 e. The summed E-state index contributed by atoms with van der Waals surface area (Å²) in [5.41, 5.74) is 3.36. The molecule has 1 fully saturated rings. The second-order valence-corrected chi connectivity index (χ2v) is 11.4. The number of hydrogen-bond donors (Lipinski definition) is 1. The number of nitrogens with zero attached hydrogens (tertiary/aromatic N) is 5. The molecule has 0 spiro atoms. The number of anilines is 1. The van der Waals surface area contributed by atoms with Crippen LogP contribution in [0, 0.1) is 0 Å². The molecule has 0 unspecified atom stereocenters. The van der Waals surface area contributed by atoms with Gasteiger partial charge in [0.15, 0.2) is 0 Å². The number of amides is 2. The Kier molecular flexibility index (Phi) is 8.90. The Morgan fingerprint density at radius 2 is 1.68 bits per heavy atom. The van der Waals surface area contributed by atoms with Gasteiger partial charge in [0, 0.05) is 43.6 Å². The molecular weight excluding hydrogens is 585 g/mol. The summed E-state index contributed by atoms with van der Waals surface area (Å²) in [4.78, 5) is 32.4. The second-order valence-electron chi connectivity index (χ2n) is 8.33. The molecule has 0 aliphatic carbocycles. The highest BCUT2D eigenvalue weighted by molar-refractivity contribution is 7.86. The number of carbonyl (C=O) groups is 2. The number of oxime groups is 1. The lowest BCUT2D eigenvalue weighted by Crippen LogP contribution is -2.49. The van der Waals surface area contributed by atoms with Crippen LogP contribution in [0.25, 0.3) is 0 Å². The number of hydrogen-bond acceptors (Lipinski definition) is 11. The normalized spacial score (nSPS) is 15.1. The molecule has 40 heavy (non-hydrogen) atoms. The highest BCUT2D eigenvalue weighted by Crippen LogP contribution is 2.38. The summed E-state index contributed by atoms with van der Waals surface area (Å²) >= 11 is 0. The summed E-state index contributed by atoms with van der Waals surface area (Å²) in [5.74, 6) is -3.12. The number of alkyl halides is 3. The quantitative estimate of drug-likeness (QED) is 0.264. The molecule has 218 valence electrons. The SMILES string of the molecule is CS(=O)(=O)O/N=C(\N)N(OS(C)(=O)=O)C(=O)c1ccc(N2CCN(C(=O)c3ccccn3)CC2)c(C(F)(F)F)c1. The lowest BCUT2D eigenvalue weighted by atomic mass is 10.1. The molecule has 2 aromatic rings. The van der Waals surface area contributed by atoms with Gasteiger partial charge >= 0.3 is 16.3 Å². The highest BCUT2D eigenvalue weighted by Gasteiger charge is 2.38. The molecule has 0 saturated carbocycles. The minimum atomic E-state index is -4.96. The van der Waals surface area contributed by atoms with Gasteiger partial charge in [-0.05, 0) is 35.5 Å². The molecule has 0 atom stereocenters. The molecule has 1 saturated heterocycles. The lowest BCUT2D eigenvalue weighted by Gasteiger charge is -2.37. The van der Waals surface area contributed by atoms with Crippen molar-refractivity contribution in [3.8, 4) is 0 Å². The van der Waals surface area contributed by atoms with Gasteiger partial charge in [0.25, 0.3) is 27.9 Å². The Hall–Kier alpha value is -3.97. The van der Waals surface area contributed by atoms with E-state index < -0.39 is 49.4 Å². The van der Waals surface area contributed by atoms with E-state index in [9.17, 15) is 39.6 Å². The van der Waals surface area contributed by atoms with E-state index in [4.69, 9.17) is 5.73 Å². The van der Waals surface area contributed by atoms with Crippen molar-refractivity contribution in [3.05, 3.63) is 59.4 Å². The third kappa shape index (κ3) is 8.02. The molecule has 1 aliphatic heterocycles. The molecule has 2 N–H and O–H groups in total. The summed E-state index contributed by atoms with van der Waals surface area (Å²) in [6.45, 7) is 0.245. The maximum atomic E-state index is 14.1. The van der Waals surface area contributed by atoms with E-state index >= 15 is 0 Å². The second kappa shape index (κ2) is 11.6. The van der Waals surface area contributed by atoms with Gasteiger partial charge in [0.2, 0.25) is 0 Å². The van der Waals surface area contributed by atoms with Crippen LogP contribution in [0.1, 0.15) is 26.4 Å². The lowest BCUT2D eigenvalue weighted by molar-refractivity contribution is -0.137. The van der Waals surface area contributed by atoms with Crippen LogP contribution in [-0.2, 0) is 35.0 Å². The van der Waals surface area contributed by atoms with Gasteiger partial charge in [-0.2, -0.15) is 30.0 Å². The molecule has 0 bridgehead atoms. The standard InChI is InChI=1S/C21H23F3N6O8S2/c1-39(33,34)37-27-20(25)30(38-40(2,35)36)18(31)14-6-7-17(15(13-14)21(22,23)24)28-9-11-29(12-10-28)19(32)16-5-3-4-8-26-16/h3-8,13H,9-12H2,1-2H3,(H2,25,27). The molecule has 0 radical (unpaired) electrons. The van der Waals surface area contributed by atoms with Crippen molar-refractivity contribution in [2.24, 2.45) is 10.9 Å². The zero-order valence-electron chi connectivity index (χ0n) is 20.9. The predicted octanol–water partition coefficient (Wildman–Crippen LogP) is 0.602. The van der Waals surface area contributed by atoms with Gasteiger partial charge in [-0.1, -0.05) is 6.07 Å². The van der Waals surface area contributed by atoms with Crippen LogP contribution >= 0.6 is 0 Å². The number of nitrogens with two attached hydrogens (primary N) is 1. The zero-order chi connectivity index (χ0) is 29.9. The third-order valence-electron chi connectivity index (χ3n) is 5.21. The van der Waals surface area contributed by atoms with Crippen LogP contribution < -0.4 is 10.6 Å². The number of halogens is 3. The average Bonchev–Trinajstić information content (AvgIpc) is 2.88. The highest BCUT2D eigenvalue weighted by atomic mass is 32.2. The first-order valence-electron chi connectivity index (χ1n) is 11.1. The fourth-order valence-electron chi connectivity index (χ4n) is 3.55. The van der Waals surface area contributed by atoms with Crippen LogP contribution in [-0.4, -0.2) is 88.2 Å². The Balaban J connectivity index is 1.89. The van der Waals surface area contributed by atoms with Gasteiger partial charge in [0.05, 0.1) is 18.1 Å². The number of hydroxylamine groups is 2. The Labute approximate surface area is 226 Å². The summed E-state index contributed by atoms with van der Waals surface area (Å²) in [7, 11) is -8.75. The number of guanidine groups is 1. The van der Waals surface area contributed by atoms with Gasteiger partial charge in [-0.25, -0.2) is 0 Å². The molecule has 1 aromatic heterocycles. The van der Waals surface area contributed by atoms with Crippen LogP contribution in [0.5, 0.6) is 0 Å². The van der Waals surface area contributed by atoms with Gasteiger partial charge < -0.3 is 15.5 Å². The number of benzene rings is 1. The first kappa shape index (κ1) is 30.6. The molecule has 1 aliphatic rings. The first-order chi connectivity index (χ1) is 18.5. The number of pyridine rings is 1. The molecule has 2 amide bonds. The van der Waals surface area contributed by atoms with Crippen molar-refractivity contribution in [1.29, 1.82) is 0 Å². The summed E-state index contributed by atoms with van der Waals surface area (Å²) in [6, 6.07) is 7.20. The first-order valence-corrected chi connectivity index (χ1v) is 14.7. The molecular formula is C21H23F3N6O8S2. The van der Waals surface area contributed by atoms with Crippen LogP contribution in [0.4, 0.5) is 18.9 Å². The van der Waals surface area contributed by atoms with Crippen molar-refractivity contribution in [2.75, 3.05) is 43.6 Å². The average molecular weight is 609 g/mol. The van der Waals surface area contributed by atoms with Crippen molar-refractivity contribution in [2.45, 2.75) is 6.18 Å². The Morgan fingerprint density at radius 3 is 2.20 bits per heavy atom. The van der Waals surface area contributed by atoms with E-state index in [1.54, 1.807) is 12.1 Å². The van der Waals surface area contributed by atoms with Gasteiger partial charge in [0.1, 0.15) is 5.69 Å². The number of aromatic nitrogens is 1. The van der Waals surface area contributed by atoms with Crippen molar-refractivity contribution in [3.63, 3.8) is 0 Å². The minimum absolute atomic E-state index is 0.0285. The van der Waals surface area contributed by atoms with E-state index in [0.29, 0.717) is 18.6 Å². The number of piperazine rings is 1. The van der Waals surface area contributed by atoms with Crippen LogP contribution in [0.15, 0.2) is 47.8 Å². The van der Waals surface area contributed by atoms with Crippen LogP contribution in [0.3, 0.4) is 0 Å². The zero-order valence-corrected chi connectivity index (χ0v) is 22.5. The topological polar surface area (TPSA) is 182 Å². The summed E-state index contributed by atoms with van der Waals surface area (Å²) < 4.78 is 96.2. The van der Waals surface area contributed by atoms with Crippen LogP contribution in [0.2, 0.25) is 0 Å². The number of rotatable bonds is 7. The molecule has 14 nitrogen and oxygen atoms in total. The maximum absolute atomic E-state index is 14.1. The van der Waals surface area contributed by atoms with E-state index in [1.807, 2.05) is 0 Å². The van der Waals surface area contributed by atoms with Crippen molar-refractivity contribution >= 4 is 43.7 Å². The van der Waals surface area contributed by atoms with Gasteiger partial charge in [-0.15, -0.1) is 9.35 Å². The molecule has 3 rings (SSSR count). The summed E-state index contributed by atoms with van der Waals surface area (Å²) in [6.07, 6.45) is -2.45.